The van der Waals surface area contributed by atoms with Gasteiger partial charge in [-0.15, -0.1) is 0 Å². The highest BCUT2D eigenvalue weighted by atomic mass is 15.2. The third-order valence-corrected chi connectivity index (χ3v) is 12.8. The van der Waals surface area contributed by atoms with Crippen LogP contribution in [-0.2, 0) is 10.8 Å². The molecular formula is C54H37N3. The zero-order chi connectivity index (χ0) is 37.9. The molecule has 12 rings (SSSR count). The lowest BCUT2D eigenvalue weighted by Crippen LogP contribution is -2.28. The van der Waals surface area contributed by atoms with Crippen LogP contribution in [0.15, 0.2) is 188 Å². The SMILES string of the molecule is CC1(C)c2ccccc2-c2c(-c3ccccc3)nc(-n3c4ccc5c(c4c4c6ccccc6ccc43)-c3ccccc3C5(c3ccccc3)c3ccccc3)nc21. The molecule has 57 heavy (non-hydrogen) atoms. The van der Waals surface area contributed by atoms with Crippen LogP contribution in [0.1, 0.15) is 47.4 Å². The summed E-state index contributed by atoms with van der Waals surface area (Å²) < 4.78 is 2.34. The molecule has 2 aromatic heterocycles. The van der Waals surface area contributed by atoms with Crippen molar-refractivity contribution in [1.82, 2.24) is 14.5 Å². The summed E-state index contributed by atoms with van der Waals surface area (Å²) >= 11 is 0. The summed E-state index contributed by atoms with van der Waals surface area (Å²) in [6, 6.07) is 68.7. The van der Waals surface area contributed by atoms with E-state index in [2.05, 4.69) is 206 Å². The predicted octanol–water partition coefficient (Wildman–Crippen LogP) is 13.1. The van der Waals surface area contributed by atoms with E-state index in [9.17, 15) is 0 Å². The molecule has 0 unspecified atom stereocenters. The van der Waals surface area contributed by atoms with E-state index in [4.69, 9.17) is 9.97 Å². The lowest BCUT2D eigenvalue weighted by molar-refractivity contribution is 0.632. The molecule has 3 heteroatoms. The van der Waals surface area contributed by atoms with Gasteiger partial charge in [0.1, 0.15) is 0 Å². The Morgan fingerprint density at radius 2 is 1.00 bits per heavy atom. The molecule has 3 nitrogen and oxygen atoms in total. The van der Waals surface area contributed by atoms with Gasteiger partial charge in [-0.3, -0.25) is 4.57 Å². The normalized spacial score (nSPS) is 14.4. The summed E-state index contributed by atoms with van der Waals surface area (Å²) in [5.41, 5.74) is 15.7. The number of hydrogen-bond donors (Lipinski definition) is 0. The molecule has 10 aromatic rings. The van der Waals surface area contributed by atoms with E-state index in [1.807, 2.05) is 0 Å². The van der Waals surface area contributed by atoms with E-state index >= 15 is 0 Å². The number of hydrogen-bond acceptors (Lipinski definition) is 2. The van der Waals surface area contributed by atoms with Crippen molar-refractivity contribution in [2.75, 3.05) is 0 Å². The van der Waals surface area contributed by atoms with Crippen molar-refractivity contribution in [2.24, 2.45) is 0 Å². The van der Waals surface area contributed by atoms with Gasteiger partial charge in [0.25, 0.3) is 0 Å². The van der Waals surface area contributed by atoms with Crippen molar-refractivity contribution in [3.05, 3.63) is 222 Å². The first-order valence-electron chi connectivity index (χ1n) is 19.9. The molecule has 2 aliphatic rings. The highest BCUT2D eigenvalue weighted by molar-refractivity contribution is 6.26. The number of rotatable bonds is 4. The van der Waals surface area contributed by atoms with Crippen molar-refractivity contribution >= 4 is 32.6 Å². The minimum absolute atomic E-state index is 0.316. The average Bonchev–Trinajstić information content (AvgIpc) is 3.86. The van der Waals surface area contributed by atoms with Crippen LogP contribution in [0.5, 0.6) is 0 Å². The maximum absolute atomic E-state index is 5.64. The molecule has 268 valence electrons. The van der Waals surface area contributed by atoms with E-state index in [0.29, 0.717) is 5.95 Å². The zero-order valence-electron chi connectivity index (χ0n) is 31.7. The van der Waals surface area contributed by atoms with Crippen LogP contribution < -0.4 is 0 Å². The molecule has 0 radical (unpaired) electrons. The van der Waals surface area contributed by atoms with Crippen molar-refractivity contribution in [3.8, 4) is 39.5 Å². The number of fused-ring (bicyclic) bond motifs is 12. The molecule has 8 aromatic carbocycles. The van der Waals surface area contributed by atoms with Gasteiger partial charge in [-0.05, 0) is 67.4 Å². The smallest absolute Gasteiger partial charge is 0.235 e. The molecule has 0 saturated carbocycles. The second-order valence-corrected chi connectivity index (χ2v) is 16.1. The van der Waals surface area contributed by atoms with E-state index in [-0.39, 0.29) is 5.41 Å². The molecule has 0 bridgehead atoms. The van der Waals surface area contributed by atoms with Crippen molar-refractivity contribution < 1.29 is 0 Å². The summed E-state index contributed by atoms with van der Waals surface area (Å²) in [7, 11) is 0. The Balaban J connectivity index is 1.26. The first-order chi connectivity index (χ1) is 28.1. The predicted molar refractivity (Wildman–Crippen MR) is 234 cm³/mol. The second-order valence-electron chi connectivity index (χ2n) is 16.1. The summed E-state index contributed by atoms with van der Waals surface area (Å²) in [5.74, 6) is 0.687. The van der Waals surface area contributed by atoms with E-state index in [0.717, 1.165) is 33.5 Å². The maximum Gasteiger partial charge on any atom is 0.235 e. The van der Waals surface area contributed by atoms with Gasteiger partial charge in [0.2, 0.25) is 5.95 Å². The van der Waals surface area contributed by atoms with Crippen LogP contribution in [0.4, 0.5) is 0 Å². The van der Waals surface area contributed by atoms with Crippen LogP contribution in [-0.4, -0.2) is 14.5 Å². The van der Waals surface area contributed by atoms with Crippen LogP contribution >= 0.6 is 0 Å². The lowest BCUT2D eigenvalue weighted by atomic mass is 9.67. The van der Waals surface area contributed by atoms with Crippen LogP contribution in [0.25, 0.3) is 72.0 Å². The van der Waals surface area contributed by atoms with Gasteiger partial charge in [-0.25, -0.2) is 9.97 Å². The summed E-state index contributed by atoms with van der Waals surface area (Å²) in [6.07, 6.45) is 0. The number of benzene rings is 8. The summed E-state index contributed by atoms with van der Waals surface area (Å²) in [6.45, 7) is 4.61. The highest BCUT2D eigenvalue weighted by Crippen LogP contribution is 2.59. The molecule has 0 spiro atoms. The fourth-order valence-corrected chi connectivity index (χ4v) is 10.5. The minimum Gasteiger partial charge on any atom is -0.278 e. The first kappa shape index (κ1) is 32.2. The Labute approximate surface area is 331 Å². The molecule has 0 atom stereocenters. The fourth-order valence-electron chi connectivity index (χ4n) is 10.5. The van der Waals surface area contributed by atoms with Gasteiger partial charge in [0.05, 0.1) is 27.8 Å². The standard InChI is InChI=1S/C54H37N3/c1-53(2)41-28-16-14-26-39(41)48-50(35-19-6-3-7-20-35)55-52(56-51(48)53)57-44-32-30-34-18-12-13-25-38(34)47(44)49-45(57)33-31-43-46(49)40-27-15-17-29-42(40)54(43,36-21-8-4-9-22-36)37-23-10-5-11-24-37/h3-33H,1-2H3. The van der Waals surface area contributed by atoms with E-state index < -0.39 is 5.41 Å². The maximum atomic E-state index is 5.64. The molecule has 0 amide bonds. The van der Waals surface area contributed by atoms with Gasteiger partial charge in [0.15, 0.2) is 0 Å². The van der Waals surface area contributed by atoms with Crippen molar-refractivity contribution in [3.63, 3.8) is 0 Å². The van der Waals surface area contributed by atoms with E-state index in [1.54, 1.807) is 0 Å². The highest BCUT2D eigenvalue weighted by Gasteiger charge is 2.47. The molecule has 2 heterocycles. The molecule has 0 aliphatic heterocycles. The monoisotopic (exact) mass is 727 g/mol. The Hall–Kier alpha value is -7.10. The minimum atomic E-state index is -0.512. The van der Waals surface area contributed by atoms with Crippen molar-refractivity contribution in [2.45, 2.75) is 24.7 Å². The molecular weight excluding hydrogens is 691 g/mol. The third kappa shape index (κ3) is 4.21. The average molecular weight is 728 g/mol. The second kappa shape index (κ2) is 11.7. The largest absolute Gasteiger partial charge is 0.278 e. The Kier molecular flexibility index (Phi) is 6.61. The Bertz CT molecular complexity index is 3210. The number of aromatic nitrogens is 3. The van der Waals surface area contributed by atoms with Crippen molar-refractivity contribution in [1.29, 1.82) is 0 Å². The Morgan fingerprint density at radius 1 is 0.439 bits per heavy atom. The van der Waals surface area contributed by atoms with Gasteiger partial charge < -0.3 is 0 Å². The molecule has 0 saturated heterocycles. The van der Waals surface area contributed by atoms with Gasteiger partial charge in [-0.1, -0.05) is 190 Å². The van der Waals surface area contributed by atoms with Gasteiger partial charge in [-0.2, -0.15) is 0 Å². The first-order valence-corrected chi connectivity index (χ1v) is 19.9. The third-order valence-electron chi connectivity index (χ3n) is 12.8. The molecule has 2 aliphatic carbocycles. The summed E-state index contributed by atoms with van der Waals surface area (Å²) in [4.78, 5) is 11.3. The summed E-state index contributed by atoms with van der Waals surface area (Å²) in [5, 5.41) is 4.88. The molecule has 0 fully saturated rings. The van der Waals surface area contributed by atoms with Crippen LogP contribution in [0.3, 0.4) is 0 Å². The Morgan fingerprint density at radius 3 is 1.72 bits per heavy atom. The topological polar surface area (TPSA) is 30.7 Å². The number of nitrogens with zero attached hydrogens (tertiary/aromatic N) is 3. The zero-order valence-corrected chi connectivity index (χ0v) is 31.7. The van der Waals surface area contributed by atoms with Crippen LogP contribution in [0, 0.1) is 0 Å². The lowest BCUT2D eigenvalue weighted by Gasteiger charge is -2.33. The van der Waals surface area contributed by atoms with Crippen LogP contribution in [0.2, 0.25) is 0 Å². The quantitative estimate of drug-likeness (QED) is 0.181. The van der Waals surface area contributed by atoms with Gasteiger partial charge >= 0.3 is 0 Å². The molecule has 0 N–H and O–H groups in total. The fraction of sp³-hybridized carbons (Fsp3) is 0.0741. The van der Waals surface area contributed by atoms with Gasteiger partial charge in [0, 0.05) is 27.3 Å². The van der Waals surface area contributed by atoms with E-state index in [1.165, 1.54) is 66.1 Å².